The van der Waals surface area contributed by atoms with Crippen LogP contribution in [-0.2, 0) is 9.53 Å². The van der Waals surface area contributed by atoms with Crippen LogP contribution >= 0.6 is 0 Å². The number of ether oxygens (including phenoxy) is 1. The predicted octanol–water partition coefficient (Wildman–Crippen LogP) is -0.0963. The molecule has 0 fully saturated rings. The summed E-state index contributed by atoms with van der Waals surface area (Å²) in [6, 6.07) is 0. The second-order valence-electron chi connectivity index (χ2n) is 1.48. The van der Waals surface area contributed by atoms with Gasteiger partial charge in [-0.2, -0.15) is 0 Å². The summed E-state index contributed by atoms with van der Waals surface area (Å²) < 4.78 is 4.57. The van der Waals surface area contributed by atoms with Crippen LogP contribution in [0.25, 0.3) is 0 Å². The van der Waals surface area contributed by atoms with Crippen LogP contribution in [0, 0.1) is 0 Å². The van der Waals surface area contributed by atoms with E-state index in [-0.39, 0.29) is 12.4 Å². The lowest BCUT2D eigenvalue weighted by atomic mass is 10.6. The third-order valence-electron chi connectivity index (χ3n) is 0.822. The van der Waals surface area contributed by atoms with E-state index in [0.29, 0.717) is 0 Å². The van der Waals surface area contributed by atoms with Crippen molar-refractivity contribution in [3.8, 4) is 0 Å². The van der Waals surface area contributed by atoms with Crippen LogP contribution in [0.2, 0.25) is 0 Å². The van der Waals surface area contributed by atoms with Gasteiger partial charge in [-0.15, -0.1) is 5.11 Å². The average molecular weight is 158 g/mol. The number of nitrogens with two attached hydrogens (primary N) is 1. The molecule has 0 saturated carbocycles. The van der Waals surface area contributed by atoms with Gasteiger partial charge in [0.2, 0.25) is 0 Å². The highest BCUT2D eigenvalue weighted by atomic mass is 16.5. The van der Waals surface area contributed by atoms with Crippen molar-refractivity contribution >= 4 is 11.8 Å². The smallest absolute Gasteiger partial charge is 0.377 e. The Bertz CT molecular complexity index is 187. The molecule has 0 aromatic rings. The van der Waals surface area contributed by atoms with E-state index in [2.05, 4.69) is 20.1 Å². The summed E-state index contributed by atoms with van der Waals surface area (Å²) in [7, 11) is 1.40. The third-order valence-corrected chi connectivity index (χ3v) is 0.822. The molecule has 0 amide bonds. The van der Waals surface area contributed by atoms with Crippen molar-refractivity contribution in [2.24, 2.45) is 21.2 Å². The minimum Gasteiger partial charge on any atom is -0.460 e. The number of hydrogen-bond donors (Lipinski definition) is 1. The van der Waals surface area contributed by atoms with Crippen LogP contribution in [0.4, 0.5) is 0 Å². The fraction of sp³-hybridized carbons (Fsp3) is 0.600. The van der Waals surface area contributed by atoms with Crippen LogP contribution in [0.15, 0.2) is 15.3 Å². The molecule has 0 unspecified atom stereocenters. The second kappa shape index (κ2) is 5.33. The number of amidine groups is 1. The molecule has 0 bridgehead atoms. The minimum absolute atomic E-state index is 0.130. The summed E-state index contributed by atoms with van der Waals surface area (Å²) in [5.41, 5.74) is 0. The number of nitrogens with zero attached hydrogens (tertiary/aromatic N) is 3. The Kier molecular flexibility index (Phi) is 4.63. The van der Waals surface area contributed by atoms with Gasteiger partial charge >= 0.3 is 5.97 Å². The first-order valence-corrected chi connectivity index (χ1v) is 3.01. The van der Waals surface area contributed by atoms with Crippen LogP contribution in [0.1, 0.15) is 6.92 Å². The molecular weight excluding hydrogens is 148 g/mol. The summed E-state index contributed by atoms with van der Waals surface area (Å²) in [4.78, 5) is 14.3. The van der Waals surface area contributed by atoms with Crippen molar-refractivity contribution in [1.82, 2.24) is 0 Å². The van der Waals surface area contributed by atoms with Crippen molar-refractivity contribution in [3.05, 3.63) is 0 Å². The Morgan fingerprint density at radius 3 is 2.64 bits per heavy atom. The molecule has 0 atom stereocenters. The first-order chi connectivity index (χ1) is 5.26. The maximum Gasteiger partial charge on any atom is 0.377 e. The number of carbonyl (C=O) groups is 1. The Balaban J connectivity index is 4.16. The number of esters is 1. The fourth-order valence-corrected chi connectivity index (χ4v) is 0.427. The van der Waals surface area contributed by atoms with Crippen molar-refractivity contribution in [2.45, 2.75) is 6.92 Å². The first-order valence-electron chi connectivity index (χ1n) is 3.01. The van der Waals surface area contributed by atoms with E-state index < -0.39 is 5.97 Å². The number of rotatable bonds is 1. The molecule has 0 aliphatic heterocycles. The van der Waals surface area contributed by atoms with Crippen molar-refractivity contribution in [1.29, 1.82) is 0 Å². The molecule has 0 rings (SSSR count). The van der Waals surface area contributed by atoms with E-state index in [1.807, 2.05) is 0 Å². The lowest BCUT2D eigenvalue weighted by Crippen LogP contribution is -2.15. The van der Waals surface area contributed by atoms with Crippen molar-refractivity contribution < 1.29 is 9.53 Å². The van der Waals surface area contributed by atoms with Crippen LogP contribution < -0.4 is 5.84 Å². The SMILES string of the molecule is CCOC(=O)C(N=NN)=NC. The average Bonchev–Trinajstić information content (AvgIpc) is 2.00. The summed E-state index contributed by atoms with van der Waals surface area (Å²) in [6.07, 6.45) is 0. The Hall–Kier alpha value is -1.46. The van der Waals surface area contributed by atoms with E-state index in [0.717, 1.165) is 0 Å². The molecule has 2 N–H and O–H groups in total. The largest absolute Gasteiger partial charge is 0.460 e. The Morgan fingerprint density at radius 2 is 2.27 bits per heavy atom. The first kappa shape index (κ1) is 9.54. The van der Waals surface area contributed by atoms with Gasteiger partial charge in [-0.25, -0.2) is 4.79 Å². The zero-order valence-corrected chi connectivity index (χ0v) is 6.44. The zero-order chi connectivity index (χ0) is 8.69. The maximum absolute atomic E-state index is 10.8. The van der Waals surface area contributed by atoms with Crippen LogP contribution in [-0.4, -0.2) is 25.5 Å². The van der Waals surface area contributed by atoms with Crippen LogP contribution in [0.5, 0.6) is 0 Å². The molecule has 6 nitrogen and oxygen atoms in total. The van der Waals surface area contributed by atoms with E-state index >= 15 is 0 Å². The van der Waals surface area contributed by atoms with Crippen molar-refractivity contribution in [2.75, 3.05) is 13.7 Å². The monoisotopic (exact) mass is 158 g/mol. The molecule has 0 heterocycles. The lowest BCUT2D eigenvalue weighted by molar-refractivity contribution is -0.135. The molecule has 0 aromatic heterocycles. The molecule has 0 saturated heterocycles. The van der Waals surface area contributed by atoms with Gasteiger partial charge in [-0.3, -0.25) is 4.99 Å². The summed E-state index contributed by atoms with van der Waals surface area (Å²) in [5, 5.41) is 6.14. The normalized spacial score (nSPS) is 12.0. The van der Waals surface area contributed by atoms with E-state index in [4.69, 9.17) is 5.84 Å². The quantitative estimate of drug-likeness (QED) is 0.144. The molecule has 0 aromatic carbocycles. The third kappa shape index (κ3) is 3.29. The summed E-state index contributed by atoms with van der Waals surface area (Å²) in [5.74, 6) is 3.96. The number of aliphatic imine (C=N–C) groups is 1. The minimum atomic E-state index is -0.621. The maximum atomic E-state index is 10.8. The van der Waals surface area contributed by atoms with Gasteiger partial charge in [0.15, 0.2) is 0 Å². The zero-order valence-electron chi connectivity index (χ0n) is 6.44. The molecule has 0 aliphatic rings. The molecule has 6 heteroatoms. The van der Waals surface area contributed by atoms with Gasteiger partial charge in [0.05, 0.1) is 6.61 Å². The molecule has 62 valence electrons. The van der Waals surface area contributed by atoms with Gasteiger partial charge in [-0.1, -0.05) is 5.22 Å². The van der Waals surface area contributed by atoms with E-state index in [1.54, 1.807) is 6.92 Å². The van der Waals surface area contributed by atoms with Gasteiger partial charge in [-0.05, 0) is 6.92 Å². The molecule has 11 heavy (non-hydrogen) atoms. The van der Waals surface area contributed by atoms with E-state index in [1.165, 1.54) is 7.05 Å². The van der Waals surface area contributed by atoms with Crippen LogP contribution in [0.3, 0.4) is 0 Å². The van der Waals surface area contributed by atoms with Gasteiger partial charge in [0.25, 0.3) is 5.84 Å². The van der Waals surface area contributed by atoms with E-state index in [9.17, 15) is 4.79 Å². The predicted molar refractivity (Wildman–Crippen MR) is 39.0 cm³/mol. The summed E-state index contributed by atoms with van der Waals surface area (Å²) in [6.45, 7) is 1.96. The second-order valence-corrected chi connectivity index (χ2v) is 1.48. The van der Waals surface area contributed by atoms with Gasteiger partial charge < -0.3 is 10.6 Å². The number of carbonyl (C=O) groups excluding carboxylic acids is 1. The van der Waals surface area contributed by atoms with Gasteiger partial charge in [0, 0.05) is 7.05 Å². The molecule has 0 radical (unpaired) electrons. The highest BCUT2D eigenvalue weighted by Gasteiger charge is 2.09. The lowest BCUT2D eigenvalue weighted by Gasteiger charge is -1.97. The molecular formula is C5H10N4O2. The fourth-order valence-electron chi connectivity index (χ4n) is 0.427. The Morgan fingerprint density at radius 1 is 1.64 bits per heavy atom. The molecule has 0 spiro atoms. The summed E-state index contributed by atoms with van der Waals surface area (Å²) >= 11 is 0. The number of hydrogen-bond acceptors (Lipinski definition) is 4. The van der Waals surface area contributed by atoms with Gasteiger partial charge in [0.1, 0.15) is 0 Å². The Labute approximate surface area is 64.1 Å². The van der Waals surface area contributed by atoms with Crippen molar-refractivity contribution in [3.63, 3.8) is 0 Å². The highest BCUT2D eigenvalue weighted by Crippen LogP contribution is 1.86. The topological polar surface area (TPSA) is 89.4 Å². The highest BCUT2D eigenvalue weighted by molar-refractivity contribution is 6.35. The standard InChI is InChI=1S/C5H10N4O2/c1-3-11-5(10)4(7-2)8-9-6/h3H2,1-2H3,(H2,6,7,8). The molecule has 0 aliphatic carbocycles.